The van der Waals surface area contributed by atoms with Crippen LogP contribution in [0.15, 0.2) is 18.2 Å². The number of nitrogens with one attached hydrogen (secondary N) is 3. The van der Waals surface area contributed by atoms with Gasteiger partial charge in [-0.3, -0.25) is 4.79 Å². The second kappa shape index (κ2) is 5.46. The number of carbonyl (C=O) groups excluding carboxylic acids is 2. The fourth-order valence-corrected chi connectivity index (χ4v) is 1.98. The molecular weight excluding hydrogens is 277 g/mol. The molecule has 1 aromatic rings. The highest BCUT2D eigenvalue weighted by Gasteiger charge is 2.22. The molecule has 0 saturated carbocycles. The number of benzene rings is 1. The lowest BCUT2D eigenvalue weighted by molar-refractivity contribution is -0.119. The van der Waals surface area contributed by atoms with Crippen molar-refractivity contribution in [2.75, 3.05) is 11.9 Å². The van der Waals surface area contributed by atoms with Crippen LogP contribution in [0.3, 0.4) is 0 Å². The number of urea groups is 1. The SMILES string of the molecule is O=C1CC(NC(=O)Nc2cc(Cl)ccc2Cl)CN1. The van der Waals surface area contributed by atoms with Crippen molar-refractivity contribution in [2.24, 2.45) is 0 Å². The maximum absolute atomic E-state index is 11.7. The average molecular weight is 288 g/mol. The van der Waals surface area contributed by atoms with Gasteiger partial charge in [0.05, 0.1) is 16.8 Å². The van der Waals surface area contributed by atoms with Gasteiger partial charge in [-0.05, 0) is 18.2 Å². The van der Waals surface area contributed by atoms with Crippen molar-refractivity contribution in [2.45, 2.75) is 12.5 Å². The van der Waals surface area contributed by atoms with E-state index in [1.54, 1.807) is 18.2 Å². The zero-order valence-corrected chi connectivity index (χ0v) is 10.8. The summed E-state index contributed by atoms with van der Waals surface area (Å²) in [5, 5.41) is 8.76. The van der Waals surface area contributed by atoms with Gasteiger partial charge in [-0.15, -0.1) is 0 Å². The van der Waals surface area contributed by atoms with Gasteiger partial charge in [-0.25, -0.2) is 4.79 Å². The van der Waals surface area contributed by atoms with Crippen LogP contribution in [-0.2, 0) is 4.79 Å². The monoisotopic (exact) mass is 287 g/mol. The Labute approximate surface area is 114 Å². The third kappa shape index (κ3) is 3.27. The maximum atomic E-state index is 11.7. The predicted octanol–water partition coefficient (Wildman–Crippen LogP) is 2.00. The number of anilines is 1. The van der Waals surface area contributed by atoms with Gasteiger partial charge in [0, 0.05) is 18.0 Å². The van der Waals surface area contributed by atoms with Crippen molar-refractivity contribution in [3.63, 3.8) is 0 Å². The van der Waals surface area contributed by atoms with Crippen molar-refractivity contribution in [1.82, 2.24) is 10.6 Å². The second-order valence-corrected chi connectivity index (χ2v) is 4.77. The minimum Gasteiger partial charge on any atom is -0.354 e. The van der Waals surface area contributed by atoms with Crippen molar-refractivity contribution >= 4 is 40.8 Å². The Morgan fingerprint density at radius 3 is 2.83 bits per heavy atom. The summed E-state index contributed by atoms with van der Waals surface area (Å²) in [6.45, 7) is 0.440. The molecule has 0 radical (unpaired) electrons. The standard InChI is InChI=1S/C11H11Cl2N3O2/c12-6-1-2-8(13)9(3-6)16-11(18)15-7-4-10(17)14-5-7/h1-3,7H,4-5H2,(H,14,17)(H2,15,16,18). The number of carbonyl (C=O) groups is 2. The van der Waals surface area contributed by atoms with E-state index in [0.717, 1.165) is 0 Å². The molecule has 96 valence electrons. The molecular formula is C11H11Cl2N3O2. The molecule has 18 heavy (non-hydrogen) atoms. The van der Waals surface area contributed by atoms with E-state index < -0.39 is 6.03 Å². The van der Waals surface area contributed by atoms with Gasteiger partial charge >= 0.3 is 6.03 Å². The molecule has 3 N–H and O–H groups in total. The van der Waals surface area contributed by atoms with Gasteiger partial charge in [-0.2, -0.15) is 0 Å². The smallest absolute Gasteiger partial charge is 0.319 e. The molecule has 1 aliphatic rings. The Morgan fingerprint density at radius 2 is 2.17 bits per heavy atom. The van der Waals surface area contributed by atoms with Crippen LogP contribution in [0.5, 0.6) is 0 Å². The van der Waals surface area contributed by atoms with E-state index in [-0.39, 0.29) is 18.4 Å². The molecule has 0 spiro atoms. The molecule has 1 aromatic carbocycles. The summed E-state index contributed by atoms with van der Waals surface area (Å²) in [6.07, 6.45) is 0.288. The van der Waals surface area contributed by atoms with Gasteiger partial charge in [-0.1, -0.05) is 23.2 Å². The van der Waals surface area contributed by atoms with Crippen LogP contribution in [-0.4, -0.2) is 24.5 Å². The van der Waals surface area contributed by atoms with Crippen molar-refractivity contribution < 1.29 is 9.59 Å². The average Bonchev–Trinajstić information content (AvgIpc) is 2.69. The fraction of sp³-hybridized carbons (Fsp3) is 0.273. The maximum Gasteiger partial charge on any atom is 0.319 e. The molecule has 1 fully saturated rings. The van der Waals surface area contributed by atoms with Crippen molar-refractivity contribution in [1.29, 1.82) is 0 Å². The van der Waals surface area contributed by atoms with Gasteiger partial charge in [0.25, 0.3) is 0 Å². The topological polar surface area (TPSA) is 70.2 Å². The Balaban J connectivity index is 1.94. The number of hydrogen-bond donors (Lipinski definition) is 3. The highest BCUT2D eigenvalue weighted by Crippen LogP contribution is 2.25. The first-order valence-electron chi connectivity index (χ1n) is 5.34. The van der Waals surface area contributed by atoms with Gasteiger partial charge in [0.2, 0.25) is 5.91 Å². The van der Waals surface area contributed by atoms with E-state index in [2.05, 4.69) is 16.0 Å². The molecule has 5 nitrogen and oxygen atoms in total. The second-order valence-electron chi connectivity index (χ2n) is 3.93. The Hall–Kier alpha value is -1.46. The minimum atomic E-state index is -0.416. The van der Waals surface area contributed by atoms with Crippen molar-refractivity contribution in [3.05, 3.63) is 28.2 Å². The van der Waals surface area contributed by atoms with E-state index in [9.17, 15) is 9.59 Å². The van der Waals surface area contributed by atoms with Crippen LogP contribution >= 0.6 is 23.2 Å². The van der Waals surface area contributed by atoms with Crippen LogP contribution in [0.2, 0.25) is 10.0 Å². The quantitative estimate of drug-likeness (QED) is 0.779. The van der Waals surface area contributed by atoms with E-state index in [0.29, 0.717) is 22.3 Å². The molecule has 1 aliphatic heterocycles. The molecule has 3 amide bonds. The summed E-state index contributed by atoms with van der Waals surface area (Å²) < 4.78 is 0. The highest BCUT2D eigenvalue weighted by atomic mass is 35.5. The lowest BCUT2D eigenvalue weighted by Crippen LogP contribution is -2.39. The summed E-state index contributed by atoms with van der Waals surface area (Å²) in [7, 11) is 0. The van der Waals surface area contributed by atoms with Crippen LogP contribution in [0.25, 0.3) is 0 Å². The van der Waals surface area contributed by atoms with Gasteiger partial charge in [0.15, 0.2) is 0 Å². The lowest BCUT2D eigenvalue weighted by atomic mass is 10.2. The molecule has 0 aliphatic carbocycles. The first-order chi connectivity index (χ1) is 8.54. The number of amides is 3. The molecule has 1 atom stereocenters. The molecule has 1 unspecified atom stereocenters. The first-order valence-corrected chi connectivity index (χ1v) is 6.09. The van der Waals surface area contributed by atoms with E-state index >= 15 is 0 Å². The van der Waals surface area contributed by atoms with E-state index in [1.807, 2.05) is 0 Å². The van der Waals surface area contributed by atoms with E-state index in [4.69, 9.17) is 23.2 Å². The normalized spacial score (nSPS) is 18.3. The zero-order valence-electron chi connectivity index (χ0n) is 9.30. The Morgan fingerprint density at radius 1 is 1.39 bits per heavy atom. The van der Waals surface area contributed by atoms with Crippen LogP contribution in [0, 0.1) is 0 Å². The number of hydrogen-bond acceptors (Lipinski definition) is 2. The Kier molecular flexibility index (Phi) is 3.93. The largest absolute Gasteiger partial charge is 0.354 e. The third-order valence-electron chi connectivity index (χ3n) is 2.49. The zero-order chi connectivity index (χ0) is 13.1. The van der Waals surface area contributed by atoms with Crippen molar-refractivity contribution in [3.8, 4) is 0 Å². The summed E-state index contributed by atoms with van der Waals surface area (Å²) >= 11 is 11.7. The predicted molar refractivity (Wildman–Crippen MR) is 70.0 cm³/mol. The molecule has 1 saturated heterocycles. The number of rotatable bonds is 2. The summed E-state index contributed by atoms with van der Waals surface area (Å²) in [4.78, 5) is 22.6. The summed E-state index contributed by atoms with van der Waals surface area (Å²) in [5.41, 5.74) is 0.430. The summed E-state index contributed by atoms with van der Waals surface area (Å²) in [6, 6.07) is 4.17. The van der Waals surface area contributed by atoms with E-state index in [1.165, 1.54) is 0 Å². The third-order valence-corrected chi connectivity index (χ3v) is 3.05. The van der Waals surface area contributed by atoms with Crippen LogP contribution in [0.4, 0.5) is 10.5 Å². The molecule has 1 heterocycles. The number of halogens is 2. The summed E-state index contributed by atoms with van der Waals surface area (Å²) in [5.74, 6) is -0.0684. The molecule has 2 rings (SSSR count). The van der Waals surface area contributed by atoms with Crippen LogP contribution < -0.4 is 16.0 Å². The molecule has 7 heteroatoms. The van der Waals surface area contributed by atoms with Gasteiger partial charge in [0.1, 0.15) is 0 Å². The van der Waals surface area contributed by atoms with Gasteiger partial charge < -0.3 is 16.0 Å². The first kappa shape index (κ1) is 13.0. The molecule has 0 aromatic heterocycles. The highest BCUT2D eigenvalue weighted by molar-refractivity contribution is 6.35. The van der Waals surface area contributed by atoms with Crippen LogP contribution in [0.1, 0.15) is 6.42 Å². The Bertz CT molecular complexity index is 493. The molecule has 0 bridgehead atoms. The lowest BCUT2D eigenvalue weighted by Gasteiger charge is -2.12. The fourth-order valence-electron chi connectivity index (χ4n) is 1.64. The minimum absolute atomic E-state index is 0.0684.